The molecule has 0 aliphatic carbocycles. The number of hydrogen-bond acceptors (Lipinski definition) is 2. The summed E-state index contributed by atoms with van der Waals surface area (Å²) in [6.07, 6.45) is 0.965. The maximum atomic E-state index is 10.4. The first-order valence-corrected chi connectivity index (χ1v) is 4.79. The zero-order valence-corrected chi connectivity index (χ0v) is 8.10. The molecule has 1 nitrogen and oxygen atoms in total. The highest BCUT2D eigenvalue weighted by molar-refractivity contribution is 8.00. The lowest BCUT2D eigenvalue weighted by Gasteiger charge is -2.03. The lowest BCUT2D eigenvalue weighted by molar-refractivity contribution is -0.107. The molecule has 0 bridgehead atoms. The van der Waals surface area contributed by atoms with Crippen molar-refractivity contribution < 1.29 is 4.79 Å². The first-order valence-electron chi connectivity index (χ1n) is 3.91. The van der Waals surface area contributed by atoms with Crippen LogP contribution in [0.5, 0.6) is 0 Å². The number of rotatable bonds is 3. The first kappa shape index (κ1) is 9.33. The second kappa shape index (κ2) is 4.31. The van der Waals surface area contributed by atoms with Gasteiger partial charge in [-0.15, -0.1) is 11.8 Å². The van der Waals surface area contributed by atoms with Crippen LogP contribution in [0.3, 0.4) is 0 Å². The average Bonchev–Trinajstić information content (AvgIpc) is 2.04. The monoisotopic (exact) mass is 180 g/mol. The lowest BCUT2D eigenvalue weighted by Crippen LogP contribution is -1.95. The molecular weight excluding hydrogens is 168 g/mol. The smallest absolute Gasteiger partial charge is 0.133 e. The van der Waals surface area contributed by atoms with Crippen LogP contribution in [0.25, 0.3) is 0 Å². The van der Waals surface area contributed by atoms with E-state index in [1.54, 1.807) is 11.8 Å². The molecule has 0 aromatic heterocycles. The zero-order valence-electron chi connectivity index (χ0n) is 7.28. The van der Waals surface area contributed by atoms with Gasteiger partial charge in [-0.2, -0.15) is 0 Å². The summed E-state index contributed by atoms with van der Waals surface area (Å²) in [4.78, 5) is 11.5. The number of thioether (sulfide) groups is 1. The van der Waals surface area contributed by atoms with Crippen molar-refractivity contribution in [2.75, 3.05) is 0 Å². The topological polar surface area (TPSA) is 17.1 Å². The van der Waals surface area contributed by atoms with E-state index in [2.05, 4.69) is 19.1 Å². The quantitative estimate of drug-likeness (QED) is 0.525. The Morgan fingerprint density at radius 3 is 2.83 bits per heavy atom. The van der Waals surface area contributed by atoms with Gasteiger partial charge in [0.15, 0.2) is 0 Å². The van der Waals surface area contributed by atoms with Crippen LogP contribution in [-0.2, 0) is 4.79 Å². The fourth-order valence-electron chi connectivity index (χ4n) is 0.931. The molecule has 0 saturated heterocycles. The molecule has 1 aromatic carbocycles. The normalized spacial score (nSPS) is 12.5. The molecular formula is C10H12OS. The summed E-state index contributed by atoms with van der Waals surface area (Å²) in [5.41, 5.74) is 1.23. The van der Waals surface area contributed by atoms with E-state index in [1.807, 2.05) is 19.1 Å². The molecule has 2 heteroatoms. The van der Waals surface area contributed by atoms with Gasteiger partial charge in [-0.25, -0.2) is 0 Å². The average molecular weight is 180 g/mol. The number of hydrogen-bond donors (Lipinski definition) is 0. The molecule has 0 fully saturated rings. The Balaban J connectivity index is 2.69. The first-order chi connectivity index (χ1) is 5.72. The molecule has 1 atom stereocenters. The highest BCUT2D eigenvalue weighted by Gasteiger charge is 2.01. The van der Waals surface area contributed by atoms with Gasteiger partial charge in [0.1, 0.15) is 6.29 Å². The highest BCUT2D eigenvalue weighted by atomic mass is 32.2. The molecule has 0 aliphatic rings. The molecule has 1 rings (SSSR count). The lowest BCUT2D eigenvalue weighted by atomic mass is 10.2. The number of aryl methyl sites for hydroxylation is 1. The van der Waals surface area contributed by atoms with Gasteiger partial charge < -0.3 is 4.79 Å². The van der Waals surface area contributed by atoms with E-state index in [4.69, 9.17) is 0 Å². The molecule has 1 aromatic rings. The summed E-state index contributed by atoms with van der Waals surface area (Å²) in [6.45, 7) is 3.95. The maximum absolute atomic E-state index is 10.4. The van der Waals surface area contributed by atoms with Crippen molar-refractivity contribution in [2.24, 2.45) is 0 Å². The Kier molecular flexibility index (Phi) is 3.35. The van der Waals surface area contributed by atoms with E-state index in [0.29, 0.717) is 0 Å². The van der Waals surface area contributed by atoms with E-state index in [9.17, 15) is 4.79 Å². The summed E-state index contributed by atoms with van der Waals surface area (Å²) < 4.78 is 0. The molecule has 0 N–H and O–H groups in total. The van der Waals surface area contributed by atoms with Crippen molar-refractivity contribution in [2.45, 2.75) is 24.0 Å². The standard InChI is InChI=1S/C10H12OS/c1-8-4-3-5-10(6-8)12-9(2)7-11/h3-7,9H,1-2H3. The van der Waals surface area contributed by atoms with Crippen molar-refractivity contribution in [3.8, 4) is 0 Å². The third-order valence-electron chi connectivity index (χ3n) is 1.50. The second-order valence-electron chi connectivity index (χ2n) is 2.78. The molecule has 0 heterocycles. The van der Waals surface area contributed by atoms with Crippen molar-refractivity contribution >= 4 is 18.0 Å². The van der Waals surface area contributed by atoms with Crippen molar-refractivity contribution in [3.05, 3.63) is 29.8 Å². The van der Waals surface area contributed by atoms with Crippen molar-refractivity contribution in [1.82, 2.24) is 0 Å². The number of carbonyl (C=O) groups is 1. The molecule has 0 radical (unpaired) electrons. The van der Waals surface area contributed by atoms with E-state index in [0.717, 1.165) is 11.2 Å². The van der Waals surface area contributed by atoms with Gasteiger partial charge in [0.25, 0.3) is 0 Å². The van der Waals surface area contributed by atoms with Gasteiger partial charge in [-0.1, -0.05) is 17.7 Å². The fourth-order valence-corrected chi connectivity index (χ4v) is 1.83. The Morgan fingerprint density at radius 1 is 1.50 bits per heavy atom. The Bertz CT molecular complexity index is 270. The maximum Gasteiger partial charge on any atom is 0.133 e. The van der Waals surface area contributed by atoms with Gasteiger partial charge in [0.2, 0.25) is 0 Å². The molecule has 0 saturated carbocycles. The van der Waals surface area contributed by atoms with Gasteiger partial charge in [0, 0.05) is 4.90 Å². The Hall–Kier alpha value is -0.760. The van der Waals surface area contributed by atoms with E-state index >= 15 is 0 Å². The predicted octanol–water partition coefficient (Wildman–Crippen LogP) is 2.67. The summed E-state index contributed by atoms with van der Waals surface area (Å²) in [5.74, 6) is 0. The van der Waals surface area contributed by atoms with Crippen LogP contribution in [0, 0.1) is 6.92 Å². The Morgan fingerprint density at radius 2 is 2.25 bits per heavy atom. The molecule has 1 unspecified atom stereocenters. The third kappa shape index (κ3) is 2.70. The SMILES string of the molecule is Cc1cccc(SC(C)C=O)c1. The number of benzene rings is 1. The van der Waals surface area contributed by atoms with Crippen LogP contribution in [0.4, 0.5) is 0 Å². The van der Waals surface area contributed by atoms with Crippen molar-refractivity contribution in [1.29, 1.82) is 0 Å². The predicted molar refractivity (Wildman–Crippen MR) is 52.6 cm³/mol. The van der Waals surface area contributed by atoms with Crippen LogP contribution in [0.1, 0.15) is 12.5 Å². The summed E-state index contributed by atoms with van der Waals surface area (Å²) in [5, 5.41) is 0.0480. The second-order valence-corrected chi connectivity index (χ2v) is 4.23. The third-order valence-corrected chi connectivity index (χ3v) is 2.51. The largest absolute Gasteiger partial charge is 0.302 e. The molecule has 0 spiro atoms. The molecule has 0 amide bonds. The van der Waals surface area contributed by atoms with E-state index < -0.39 is 0 Å². The van der Waals surface area contributed by atoms with E-state index in [-0.39, 0.29) is 5.25 Å². The highest BCUT2D eigenvalue weighted by Crippen LogP contribution is 2.22. The minimum atomic E-state index is 0.0480. The van der Waals surface area contributed by atoms with Gasteiger partial charge >= 0.3 is 0 Å². The van der Waals surface area contributed by atoms with Crippen molar-refractivity contribution in [3.63, 3.8) is 0 Å². The fraction of sp³-hybridized carbons (Fsp3) is 0.300. The van der Waals surface area contributed by atoms with Gasteiger partial charge in [-0.3, -0.25) is 0 Å². The van der Waals surface area contributed by atoms with Crippen LogP contribution in [-0.4, -0.2) is 11.5 Å². The van der Waals surface area contributed by atoms with Crippen LogP contribution in [0.15, 0.2) is 29.2 Å². The number of aldehydes is 1. The molecule has 12 heavy (non-hydrogen) atoms. The van der Waals surface area contributed by atoms with Crippen LogP contribution in [0.2, 0.25) is 0 Å². The molecule has 0 aliphatic heterocycles. The summed E-state index contributed by atoms with van der Waals surface area (Å²) >= 11 is 1.59. The minimum absolute atomic E-state index is 0.0480. The summed E-state index contributed by atoms with van der Waals surface area (Å²) in [6, 6.07) is 8.17. The van der Waals surface area contributed by atoms with E-state index in [1.165, 1.54) is 5.56 Å². The number of carbonyl (C=O) groups excluding carboxylic acids is 1. The van der Waals surface area contributed by atoms with Gasteiger partial charge in [-0.05, 0) is 26.0 Å². The van der Waals surface area contributed by atoms with Crippen LogP contribution < -0.4 is 0 Å². The summed E-state index contributed by atoms with van der Waals surface area (Å²) in [7, 11) is 0. The Labute approximate surface area is 77.2 Å². The molecule has 64 valence electrons. The van der Waals surface area contributed by atoms with Crippen LogP contribution >= 0.6 is 11.8 Å². The minimum Gasteiger partial charge on any atom is -0.302 e. The van der Waals surface area contributed by atoms with Gasteiger partial charge in [0.05, 0.1) is 5.25 Å². The zero-order chi connectivity index (χ0) is 8.97.